The van der Waals surface area contributed by atoms with Gasteiger partial charge in [-0.1, -0.05) is 12.1 Å². The molecule has 0 radical (unpaired) electrons. The fourth-order valence-corrected chi connectivity index (χ4v) is 1.57. The number of hydrogen-bond donors (Lipinski definition) is 3. The largest absolute Gasteiger partial charge is 0.388 e. The third-order valence-electron chi connectivity index (χ3n) is 2.65. The van der Waals surface area contributed by atoms with Gasteiger partial charge in [0.05, 0.1) is 0 Å². The fourth-order valence-electron chi connectivity index (χ4n) is 1.57. The SMILES string of the molecule is CC(=O)NCC(O)C(O)c1cccc(N(C)C)c1. The minimum atomic E-state index is -1.02. The van der Waals surface area contributed by atoms with Gasteiger partial charge in [0.2, 0.25) is 5.91 Å². The molecule has 1 aromatic carbocycles. The Hall–Kier alpha value is -1.59. The number of amides is 1. The third-order valence-corrected chi connectivity index (χ3v) is 2.65. The molecule has 18 heavy (non-hydrogen) atoms. The molecule has 0 aliphatic carbocycles. The van der Waals surface area contributed by atoms with Crippen LogP contribution >= 0.6 is 0 Å². The number of hydrogen-bond acceptors (Lipinski definition) is 4. The predicted octanol–water partition coefficient (Wildman–Crippen LogP) is 0.283. The number of carbonyl (C=O) groups excluding carboxylic acids is 1. The molecule has 3 N–H and O–H groups in total. The van der Waals surface area contributed by atoms with Crippen LogP contribution in [0.15, 0.2) is 24.3 Å². The molecule has 0 spiro atoms. The van der Waals surface area contributed by atoms with Crippen molar-refractivity contribution in [3.63, 3.8) is 0 Å². The second-order valence-electron chi connectivity index (χ2n) is 4.44. The Kier molecular flexibility index (Phi) is 5.12. The molecule has 5 heteroatoms. The van der Waals surface area contributed by atoms with Crippen LogP contribution in [0.1, 0.15) is 18.6 Å². The maximum Gasteiger partial charge on any atom is 0.216 e. The van der Waals surface area contributed by atoms with E-state index >= 15 is 0 Å². The summed E-state index contributed by atoms with van der Waals surface area (Å²) < 4.78 is 0. The summed E-state index contributed by atoms with van der Waals surface area (Å²) in [5.74, 6) is -0.233. The van der Waals surface area contributed by atoms with Crippen LogP contribution in [0, 0.1) is 0 Å². The van der Waals surface area contributed by atoms with E-state index in [0.29, 0.717) is 5.56 Å². The van der Waals surface area contributed by atoms with Crippen molar-refractivity contribution in [2.75, 3.05) is 25.5 Å². The van der Waals surface area contributed by atoms with Gasteiger partial charge in [-0.25, -0.2) is 0 Å². The van der Waals surface area contributed by atoms with Crippen LogP contribution in [0.25, 0.3) is 0 Å². The average molecular weight is 252 g/mol. The topological polar surface area (TPSA) is 72.8 Å². The Labute approximate surface area is 107 Å². The second kappa shape index (κ2) is 6.37. The van der Waals surface area contributed by atoms with Crippen LogP contribution < -0.4 is 10.2 Å². The van der Waals surface area contributed by atoms with Crippen molar-refractivity contribution in [1.29, 1.82) is 0 Å². The highest BCUT2D eigenvalue weighted by molar-refractivity contribution is 5.72. The normalized spacial score (nSPS) is 13.8. The number of anilines is 1. The van der Waals surface area contributed by atoms with Crippen molar-refractivity contribution in [2.45, 2.75) is 19.1 Å². The van der Waals surface area contributed by atoms with Gasteiger partial charge in [-0.3, -0.25) is 4.79 Å². The Balaban J connectivity index is 2.73. The van der Waals surface area contributed by atoms with Gasteiger partial charge in [0.25, 0.3) is 0 Å². The third kappa shape index (κ3) is 4.01. The van der Waals surface area contributed by atoms with Crippen LogP contribution in [0.2, 0.25) is 0 Å². The van der Waals surface area contributed by atoms with Crippen molar-refractivity contribution < 1.29 is 15.0 Å². The van der Waals surface area contributed by atoms with E-state index in [9.17, 15) is 15.0 Å². The van der Waals surface area contributed by atoms with Crippen molar-refractivity contribution >= 4 is 11.6 Å². The van der Waals surface area contributed by atoms with E-state index in [1.165, 1.54) is 6.92 Å². The smallest absolute Gasteiger partial charge is 0.216 e. The van der Waals surface area contributed by atoms with Crippen molar-refractivity contribution in [2.24, 2.45) is 0 Å². The van der Waals surface area contributed by atoms with Gasteiger partial charge in [-0.05, 0) is 17.7 Å². The molecule has 0 aromatic heterocycles. The number of nitrogens with zero attached hydrogens (tertiary/aromatic N) is 1. The van der Waals surface area contributed by atoms with E-state index in [1.807, 2.05) is 37.2 Å². The molecule has 0 aliphatic rings. The van der Waals surface area contributed by atoms with Crippen molar-refractivity contribution in [1.82, 2.24) is 5.32 Å². The minimum absolute atomic E-state index is 0.0304. The number of aliphatic hydroxyl groups is 2. The first-order valence-electron chi connectivity index (χ1n) is 5.79. The molecule has 0 aliphatic heterocycles. The lowest BCUT2D eigenvalue weighted by Crippen LogP contribution is -2.34. The summed E-state index contributed by atoms with van der Waals surface area (Å²) in [5.41, 5.74) is 1.57. The van der Waals surface area contributed by atoms with Gasteiger partial charge in [-0.2, -0.15) is 0 Å². The summed E-state index contributed by atoms with van der Waals surface area (Å²) in [6.07, 6.45) is -2.04. The van der Waals surface area contributed by atoms with Gasteiger partial charge in [0, 0.05) is 33.3 Å². The van der Waals surface area contributed by atoms with Gasteiger partial charge >= 0.3 is 0 Å². The average Bonchev–Trinajstić information content (AvgIpc) is 2.35. The fraction of sp³-hybridized carbons (Fsp3) is 0.462. The Morgan fingerprint density at radius 2 is 2.06 bits per heavy atom. The number of rotatable bonds is 5. The highest BCUT2D eigenvalue weighted by atomic mass is 16.3. The van der Waals surface area contributed by atoms with E-state index in [0.717, 1.165) is 5.69 Å². The lowest BCUT2D eigenvalue weighted by Gasteiger charge is -2.20. The Morgan fingerprint density at radius 1 is 1.39 bits per heavy atom. The number of carbonyl (C=O) groups is 1. The summed E-state index contributed by atoms with van der Waals surface area (Å²) in [7, 11) is 3.80. The molecule has 0 saturated heterocycles. The van der Waals surface area contributed by atoms with E-state index in [-0.39, 0.29) is 12.5 Å². The second-order valence-corrected chi connectivity index (χ2v) is 4.44. The molecule has 100 valence electrons. The van der Waals surface area contributed by atoms with E-state index in [1.54, 1.807) is 6.07 Å². The molecule has 0 bridgehead atoms. The number of aliphatic hydroxyl groups excluding tert-OH is 2. The van der Waals surface area contributed by atoms with Gasteiger partial charge in [-0.15, -0.1) is 0 Å². The summed E-state index contributed by atoms with van der Waals surface area (Å²) >= 11 is 0. The van der Waals surface area contributed by atoms with Crippen LogP contribution in [0.3, 0.4) is 0 Å². The van der Waals surface area contributed by atoms with Crippen LogP contribution in [-0.4, -0.2) is 42.9 Å². The molecular weight excluding hydrogens is 232 g/mol. The summed E-state index contributed by atoms with van der Waals surface area (Å²) in [6.45, 7) is 1.40. The zero-order valence-corrected chi connectivity index (χ0v) is 10.9. The maximum atomic E-state index is 10.7. The monoisotopic (exact) mass is 252 g/mol. The van der Waals surface area contributed by atoms with Gasteiger partial charge < -0.3 is 20.4 Å². The maximum absolute atomic E-state index is 10.7. The first-order valence-corrected chi connectivity index (χ1v) is 5.79. The van der Waals surface area contributed by atoms with Gasteiger partial charge in [0.1, 0.15) is 12.2 Å². The molecular formula is C13H20N2O3. The molecule has 0 heterocycles. The van der Waals surface area contributed by atoms with Crippen LogP contribution in [-0.2, 0) is 4.79 Å². The standard InChI is InChI=1S/C13H20N2O3/c1-9(16)14-8-12(17)13(18)10-5-4-6-11(7-10)15(2)3/h4-7,12-13,17-18H,8H2,1-3H3,(H,14,16). The van der Waals surface area contributed by atoms with E-state index in [4.69, 9.17) is 0 Å². The molecule has 5 nitrogen and oxygen atoms in total. The molecule has 2 unspecified atom stereocenters. The zero-order valence-electron chi connectivity index (χ0n) is 10.9. The highest BCUT2D eigenvalue weighted by Gasteiger charge is 2.18. The summed E-state index contributed by atoms with van der Waals surface area (Å²) in [5, 5.41) is 22.2. The minimum Gasteiger partial charge on any atom is -0.388 e. The molecule has 0 fully saturated rings. The first kappa shape index (κ1) is 14.5. The summed E-state index contributed by atoms with van der Waals surface area (Å²) in [6, 6.07) is 7.28. The number of benzene rings is 1. The Morgan fingerprint density at radius 3 is 2.61 bits per heavy atom. The molecule has 1 aromatic rings. The molecule has 1 amide bonds. The zero-order chi connectivity index (χ0) is 13.7. The summed E-state index contributed by atoms with van der Waals surface area (Å²) in [4.78, 5) is 12.7. The predicted molar refractivity (Wildman–Crippen MR) is 70.4 cm³/mol. The van der Waals surface area contributed by atoms with E-state index in [2.05, 4.69) is 5.32 Å². The number of nitrogens with one attached hydrogen (secondary N) is 1. The van der Waals surface area contributed by atoms with Crippen molar-refractivity contribution in [3.05, 3.63) is 29.8 Å². The van der Waals surface area contributed by atoms with E-state index < -0.39 is 12.2 Å². The molecule has 1 rings (SSSR count). The molecule has 2 atom stereocenters. The lowest BCUT2D eigenvalue weighted by atomic mass is 10.0. The lowest BCUT2D eigenvalue weighted by molar-refractivity contribution is -0.119. The Bertz CT molecular complexity index is 407. The van der Waals surface area contributed by atoms with Crippen molar-refractivity contribution in [3.8, 4) is 0 Å². The van der Waals surface area contributed by atoms with Crippen LogP contribution in [0.5, 0.6) is 0 Å². The highest BCUT2D eigenvalue weighted by Crippen LogP contribution is 2.21. The van der Waals surface area contributed by atoms with Crippen LogP contribution in [0.4, 0.5) is 5.69 Å². The van der Waals surface area contributed by atoms with Gasteiger partial charge in [0.15, 0.2) is 0 Å². The first-order chi connectivity index (χ1) is 8.41. The molecule has 0 saturated carbocycles. The quantitative estimate of drug-likeness (QED) is 0.704.